The van der Waals surface area contributed by atoms with E-state index in [2.05, 4.69) is 19.2 Å². The van der Waals surface area contributed by atoms with Crippen LogP contribution in [0.1, 0.15) is 322 Å². The molecule has 0 aromatic carbocycles. The molecule has 0 saturated heterocycles. The number of unbranched alkanes of at least 4 members (excludes halogenated alkanes) is 43. The smallest absolute Gasteiger partial charge is 0.305 e. The van der Waals surface area contributed by atoms with Crippen LogP contribution in [0.4, 0.5) is 0 Å². The number of hydrogen-bond donors (Lipinski definition) is 3. The van der Waals surface area contributed by atoms with Gasteiger partial charge in [-0.25, -0.2) is 0 Å². The Hall–Kier alpha value is -1.40. The SMILES string of the molecule is CCCCCCCCCCCCCCCCCCCCCC/C=C/C(O)C(CO)NC(=O)CCCCCCCCCCCOC(=O)CCCCCCCCCCCCCCCCCC. The van der Waals surface area contributed by atoms with Crippen molar-refractivity contribution in [3.05, 3.63) is 12.2 Å². The van der Waals surface area contributed by atoms with Gasteiger partial charge in [0.1, 0.15) is 0 Å². The van der Waals surface area contributed by atoms with Crippen LogP contribution in [0.5, 0.6) is 0 Å². The summed E-state index contributed by atoms with van der Waals surface area (Å²) in [6.07, 6.45) is 63.7. The minimum absolute atomic E-state index is 0.0228. The molecule has 0 fully saturated rings. The highest BCUT2D eigenvalue weighted by Gasteiger charge is 2.18. The van der Waals surface area contributed by atoms with Crippen molar-refractivity contribution in [2.75, 3.05) is 13.2 Å². The number of amides is 1. The summed E-state index contributed by atoms with van der Waals surface area (Å²) in [4.78, 5) is 24.5. The summed E-state index contributed by atoms with van der Waals surface area (Å²) in [6, 6.07) is -0.647. The molecule has 2 unspecified atom stereocenters. The van der Waals surface area contributed by atoms with Gasteiger partial charge in [0.15, 0.2) is 0 Å². The minimum Gasteiger partial charge on any atom is -0.466 e. The monoisotopic (exact) mass is 904 g/mol. The molecule has 0 aromatic rings. The van der Waals surface area contributed by atoms with Crippen LogP contribution in [-0.4, -0.2) is 47.4 Å². The number of carbonyl (C=O) groups is 2. The van der Waals surface area contributed by atoms with E-state index in [0.717, 1.165) is 57.8 Å². The van der Waals surface area contributed by atoms with Crippen molar-refractivity contribution in [3.8, 4) is 0 Å². The Balaban J connectivity index is 3.49. The fourth-order valence-corrected chi connectivity index (χ4v) is 9.11. The van der Waals surface area contributed by atoms with Crippen molar-refractivity contribution in [1.82, 2.24) is 5.32 Å². The van der Waals surface area contributed by atoms with Crippen LogP contribution in [0.2, 0.25) is 0 Å². The van der Waals surface area contributed by atoms with E-state index in [0.29, 0.717) is 19.4 Å². The molecular weight excluding hydrogens is 791 g/mol. The zero-order chi connectivity index (χ0) is 46.5. The Kier molecular flexibility index (Phi) is 53.0. The van der Waals surface area contributed by atoms with Crippen LogP contribution < -0.4 is 5.32 Å². The molecule has 0 bridgehead atoms. The van der Waals surface area contributed by atoms with Gasteiger partial charge in [0.25, 0.3) is 0 Å². The second-order valence-electron chi connectivity index (χ2n) is 20.0. The van der Waals surface area contributed by atoms with Gasteiger partial charge in [-0.3, -0.25) is 9.59 Å². The average Bonchev–Trinajstić information content (AvgIpc) is 3.29. The number of hydrogen-bond acceptors (Lipinski definition) is 5. The second-order valence-corrected chi connectivity index (χ2v) is 20.0. The van der Waals surface area contributed by atoms with Crippen LogP contribution >= 0.6 is 0 Å². The number of esters is 1. The summed E-state index contributed by atoms with van der Waals surface area (Å²) in [5, 5.41) is 23.2. The van der Waals surface area contributed by atoms with Crippen LogP contribution in [0.25, 0.3) is 0 Å². The third kappa shape index (κ3) is 50.0. The zero-order valence-electron chi connectivity index (χ0n) is 43.3. The maximum Gasteiger partial charge on any atom is 0.305 e. The molecule has 1 amide bonds. The molecule has 0 saturated carbocycles. The summed E-state index contributed by atoms with van der Waals surface area (Å²) in [5.41, 5.74) is 0. The van der Waals surface area contributed by atoms with Crippen molar-refractivity contribution < 1.29 is 24.5 Å². The molecular formula is C58H113NO5. The van der Waals surface area contributed by atoms with Gasteiger partial charge in [-0.05, 0) is 32.1 Å². The standard InChI is InChI=1S/C58H113NO5/c1-3-5-7-9-11-13-15-17-19-21-22-23-24-25-26-27-29-31-34-38-42-46-50-56(61)55(54-60)59-57(62)51-47-43-39-35-33-37-41-45-49-53-64-58(63)52-48-44-40-36-32-30-28-20-18-16-14-12-10-8-6-4-2/h46,50,55-56,60-61H,3-45,47-49,51-54H2,1-2H3,(H,59,62)/b50-46+. The van der Waals surface area contributed by atoms with E-state index in [1.54, 1.807) is 6.08 Å². The number of carbonyl (C=O) groups excluding carboxylic acids is 2. The number of aliphatic hydroxyl groups is 2. The first-order chi connectivity index (χ1) is 31.5. The third-order valence-electron chi connectivity index (χ3n) is 13.6. The number of ether oxygens (including phenoxy) is 1. The van der Waals surface area contributed by atoms with E-state index in [1.165, 1.54) is 238 Å². The molecule has 6 heteroatoms. The Labute approximate surface area is 399 Å². The lowest BCUT2D eigenvalue weighted by molar-refractivity contribution is -0.143. The maximum absolute atomic E-state index is 12.5. The van der Waals surface area contributed by atoms with Crippen LogP contribution in [0.15, 0.2) is 12.2 Å². The Bertz CT molecular complexity index is 955. The summed E-state index contributed by atoms with van der Waals surface area (Å²) >= 11 is 0. The first-order valence-corrected chi connectivity index (χ1v) is 29.0. The van der Waals surface area contributed by atoms with Gasteiger partial charge in [-0.15, -0.1) is 0 Å². The topological polar surface area (TPSA) is 95.9 Å². The van der Waals surface area contributed by atoms with Crippen LogP contribution in [0.3, 0.4) is 0 Å². The van der Waals surface area contributed by atoms with E-state index in [1.807, 2.05) is 6.08 Å². The summed E-state index contributed by atoms with van der Waals surface area (Å²) < 4.78 is 5.47. The van der Waals surface area contributed by atoms with E-state index >= 15 is 0 Å². The normalized spacial score (nSPS) is 12.6. The highest BCUT2D eigenvalue weighted by atomic mass is 16.5. The molecule has 0 aliphatic rings. The van der Waals surface area contributed by atoms with E-state index < -0.39 is 12.1 Å². The number of allylic oxidation sites excluding steroid dienone is 1. The first kappa shape index (κ1) is 62.6. The summed E-state index contributed by atoms with van der Waals surface area (Å²) in [5.74, 6) is -0.114. The molecule has 0 rings (SSSR count). The Morgan fingerprint density at radius 3 is 1.06 bits per heavy atom. The predicted octanol–water partition coefficient (Wildman–Crippen LogP) is 17.7. The molecule has 3 N–H and O–H groups in total. The lowest BCUT2D eigenvalue weighted by atomic mass is 10.0. The first-order valence-electron chi connectivity index (χ1n) is 29.0. The van der Waals surface area contributed by atoms with Gasteiger partial charge in [0.05, 0.1) is 25.4 Å². The molecule has 6 nitrogen and oxygen atoms in total. The number of nitrogens with one attached hydrogen (secondary N) is 1. The van der Waals surface area contributed by atoms with Crippen molar-refractivity contribution >= 4 is 11.9 Å². The second kappa shape index (κ2) is 54.2. The van der Waals surface area contributed by atoms with Crippen LogP contribution in [0, 0.1) is 0 Å². The molecule has 380 valence electrons. The molecule has 0 aliphatic heterocycles. The zero-order valence-corrected chi connectivity index (χ0v) is 43.3. The van der Waals surface area contributed by atoms with E-state index in [4.69, 9.17) is 4.74 Å². The molecule has 0 aromatic heterocycles. The predicted molar refractivity (Wildman–Crippen MR) is 278 cm³/mol. The maximum atomic E-state index is 12.5. The van der Waals surface area contributed by atoms with Gasteiger partial charge < -0.3 is 20.3 Å². The molecule has 0 aliphatic carbocycles. The molecule has 0 spiro atoms. The minimum atomic E-state index is -0.861. The van der Waals surface area contributed by atoms with Crippen molar-refractivity contribution in [2.24, 2.45) is 0 Å². The third-order valence-corrected chi connectivity index (χ3v) is 13.6. The lowest BCUT2D eigenvalue weighted by Gasteiger charge is -2.20. The molecule has 0 heterocycles. The van der Waals surface area contributed by atoms with Gasteiger partial charge >= 0.3 is 5.97 Å². The van der Waals surface area contributed by atoms with Gasteiger partial charge in [-0.2, -0.15) is 0 Å². The van der Waals surface area contributed by atoms with Gasteiger partial charge in [0, 0.05) is 12.8 Å². The number of rotatable bonds is 54. The molecule has 0 radical (unpaired) electrons. The lowest BCUT2D eigenvalue weighted by Crippen LogP contribution is -2.45. The van der Waals surface area contributed by atoms with Crippen molar-refractivity contribution in [2.45, 2.75) is 334 Å². The fourth-order valence-electron chi connectivity index (χ4n) is 9.11. The molecule has 64 heavy (non-hydrogen) atoms. The summed E-state index contributed by atoms with van der Waals surface area (Å²) in [7, 11) is 0. The van der Waals surface area contributed by atoms with Crippen LogP contribution in [-0.2, 0) is 14.3 Å². The van der Waals surface area contributed by atoms with Crippen molar-refractivity contribution in [3.63, 3.8) is 0 Å². The largest absolute Gasteiger partial charge is 0.466 e. The molecule has 2 atom stereocenters. The average molecular weight is 905 g/mol. The quantitative estimate of drug-likeness (QED) is 0.0321. The number of aliphatic hydroxyl groups excluding tert-OH is 2. The highest BCUT2D eigenvalue weighted by Crippen LogP contribution is 2.17. The van der Waals surface area contributed by atoms with Gasteiger partial charge in [-0.1, -0.05) is 289 Å². The van der Waals surface area contributed by atoms with Gasteiger partial charge in [0.2, 0.25) is 5.91 Å². The van der Waals surface area contributed by atoms with E-state index in [9.17, 15) is 19.8 Å². The van der Waals surface area contributed by atoms with Crippen molar-refractivity contribution in [1.29, 1.82) is 0 Å². The highest BCUT2D eigenvalue weighted by molar-refractivity contribution is 5.76. The van der Waals surface area contributed by atoms with E-state index in [-0.39, 0.29) is 18.5 Å². The Morgan fingerprint density at radius 2 is 0.719 bits per heavy atom. The fraction of sp³-hybridized carbons (Fsp3) is 0.931. The Morgan fingerprint density at radius 1 is 0.422 bits per heavy atom. The summed E-state index contributed by atoms with van der Waals surface area (Å²) in [6.45, 7) is 4.87.